The number of nitrogens with two attached hydrogens (primary N) is 1. The second-order valence-electron chi connectivity index (χ2n) is 3.60. The number of aromatic nitrogens is 1. The lowest BCUT2D eigenvalue weighted by molar-refractivity contribution is 0.0997. The lowest BCUT2D eigenvalue weighted by Crippen LogP contribution is -2.11. The van der Waals surface area contributed by atoms with E-state index in [0.29, 0.717) is 5.56 Å². The molecule has 0 spiro atoms. The first-order chi connectivity index (χ1) is 8.68. The maximum Gasteiger partial charge on any atom is 0.249 e. The third kappa shape index (κ3) is 2.78. The number of nitrogens with zero attached hydrogens (tertiary/aromatic N) is 1. The maximum absolute atomic E-state index is 11.3. The first-order valence-corrected chi connectivity index (χ1v) is 6.17. The van der Waals surface area contributed by atoms with E-state index in [9.17, 15) is 4.79 Å². The Kier molecular flexibility index (Phi) is 3.79. The molecule has 90 valence electrons. The fraction of sp³-hybridized carbons (Fsp3) is 0. The summed E-state index contributed by atoms with van der Waals surface area (Å²) in [5.41, 5.74) is 6.62. The lowest BCUT2D eigenvalue weighted by Gasteiger charge is -2.07. The van der Waals surface area contributed by atoms with Crippen molar-refractivity contribution >= 4 is 22.6 Å². The van der Waals surface area contributed by atoms with Crippen LogP contribution in [0.3, 0.4) is 0 Å². The summed E-state index contributed by atoms with van der Waals surface area (Å²) in [6.07, 6.45) is 1.71. The van der Waals surface area contributed by atoms with E-state index >= 15 is 0 Å². The molecule has 0 bridgehead atoms. The van der Waals surface area contributed by atoms with Gasteiger partial charge in [-0.15, -0.1) is 0 Å². The number of rotatable bonds is 4. The van der Waals surface area contributed by atoms with Crippen LogP contribution in [0.4, 0.5) is 0 Å². The van der Waals surface area contributed by atoms with Crippen LogP contribution in [0, 0.1) is 0 Å². The van der Waals surface area contributed by atoms with Crippen molar-refractivity contribution in [3.8, 4) is 0 Å². The Morgan fingerprint density at radius 2 is 1.89 bits per heavy atom. The Bertz CT molecular complexity index is 581. The molecule has 4 heteroatoms. The molecule has 3 nitrogen and oxygen atoms in total. The average molecular weight is 256 g/mol. The molecule has 0 saturated heterocycles. The van der Waals surface area contributed by atoms with E-state index in [2.05, 4.69) is 11.6 Å². The summed E-state index contributed by atoms with van der Waals surface area (Å²) >= 11 is 1.39. The van der Waals surface area contributed by atoms with Gasteiger partial charge in [0, 0.05) is 16.0 Å². The molecule has 18 heavy (non-hydrogen) atoms. The summed E-state index contributed by atoms with van der Waals surface area (Å²) in [4.78, 5) is 17.1. The quantitative estimate of drug-likeness (QED) is 0.856. The van der Waals surface area contributed by atoms with Crippen LogP contribution in [0.1, 0.15) is 16.1 Å². The molecule has 2 N–H and O–H groups in total. The number of thioether (sulfide) groups is 1. The summed E-state index contributed by atoms with van der Waals surface area (Å²) in [6.45, 7) is 3.97. The van der Waals surface area contributed by atoms with E-state index in [4.69, 9.17) is 5.73 Å². The zero-order valence-corrected chi connectivity index (χ0v) is 10.5. The van der Waals surface area contributed by atoms with Crippen LogP contribution in [0.5, 0.6) is 0 Å². The molecular formula is C14H12N2OS. The maximum atomic E-state index is 11.3. The minimum Gasteiger partial charge on any atom is -0.366 e. The molecule has 1 amide bonds. The molecule has 2 aromatic rings. The summed E-state index contributed by atoms with van der Waals surface area (Å²) in [5.74, 6) is -0.438. The lowest BCUT2D eigenvalue weighted by atomic mass is 10.2. The fourth-order valence-corrected chi connectivity index (χ4v) is 2.39. The van der Waals surface area contributed by atoms with Crippen molar-refractivity contribution in [1.82, 2.24) is 4.98 Å². The highest BCUT2D eigenvalue weighted by molar-refractivity contribution is 8.08. The monoisotopic (exact) mass is 256 g/mol. The Morgan fingerprint density at radius 3 is 2.56 bits per heavy atom. The molecule has 0 aliphatic carbocycles. The van der Waals surface area contributed by atoms with E-state index in [0.717, 1.165) is 15.5 Å². The third-order valence-electron chi connectivity index (χ3n) is 2.34. The molecule has 0 unspecified atom stereocenters. The second kappa shape index (κ2) is 5.51. The van der Waals surface area contributed by atoms with Gasteiger partial charge in [-0.05, 0) is 24.3 Å². The van der Waals surface area contributed by atoms with Gasteiger partial charge in [-0.25, -0.2) is 0 Å². The second-order valence-corrected chi connectivity index (χ2v) is 4.74. The van der Waals surface area contributed by atoms with Crippen molar-refractivity contribution < 1.29 is 4.79 Å². The van der Waals surface area contributed by atoms with Gasteiger partial charge in [-0.1, -0.05) is 36.5 Å². The molecule has 0 aliphatic rings. The average Bonchev–Trinajstić information content (AvgIpc) is 2.40. The molecule has 0 fully saturated rings. The molecule has 2 rings (SSSR count). The van der Waals surface area contributed by atoms with Gasteiger partial charge < -0.3 is 5.73 Å². The first kappa shape index (κ1) is 12.4. The van der Waals surface area contributed by atoms with Crippen molar-refractivity contribution in [1.29, 1.82) is 0 Å². The third-order valence-corrected chi connectivity index (χ3v) is 3.37. The van der Waals surface area contributed by atoms with Gasteiger partial charge in [0.2, 0.25) is 5.91 Å². The Balaban J connectivity index is 2.25. The molecule has 0 aliphatic heterocycles. The minimum atomic E-state index is -0.438. The minimum absolute atomic E-state index is 0.438. The number of hydrogen-bond donors (Lipinski definition) is 1. The Labute approximate surface area is 110 Å². The highest BCUT2D eigenvalue weighted by atomic mass is 32.2. The number of carbonyl (C=O) groups excluding carboxylic acids is 1. The van der Waals surface area contributed by atoms with Crippen molar-refractivity contribution in [3.05, 3.63) is 66.5 Å². The predicted octanol–water partition coefficient (Wildman–Crippen LogP) is 2.94. The predicted molar refractivity (Wildman–Crippen MR) is 74.1 cm³/mol. The SMILES string of the molecule is C=C(Sc1ccccc1C(N)=O)c1ccccn1. The van der Waals surface area contributed by atoms with Crippen molar-refractivity contribution in [3.63, 3.8) is 0 Å². The summed E-state index contributed by atoms with van der Waals surface area (Å²) < 4.78 is 0. The van der Waals surface area contributed by atoms with Gasteiger partial charge in [0.1, 0.15) is 0 Å². The summed E-state index contributed by atoms with van der Waals surface area (Å²) in [7, 11) is 0. The zero-order chi connectivity index (χ0) is 13.0. The number of pyridine rings is 1. The standard InChI is InChI=1S/C14H12N2OS/c1-10(12-7-4-5-9-16-12)18-13-8-3-2-6-11(13)14(15)17/h2-9H,1H2,(H2,15,17). The molecule has 0 radical (unpaired) electrons. The first-order valence-electron chi connectivity index (χ1n) is 5.35. The normalized spacial score (nSPS) is 10.0. The van der Waals surface area contributed by atoms with Crippen molar-refractivity contribution in [2.75, 3.05) is 0 Å². The molecule has 0 saturated carbocycles. The van der Waals surface area contributed by atoms with E-state index in [-0.39, 0.29) is 0 Å². The molecule has 1 heterocycles. The van der Waals surface area contributed by atoms with Gasteiger partial charge in [0.25, 0.3) is 0 Å². The summed E-state index contributed by atoms with van der Waals surface area (Å²) in [6, 6.07) is 12.8. The van der Waals surface area contributed by atoms with Gasteiger partial charge >= 0.3 is 0 Å². The van der Waals surface area contributed by atoms with Crippen LogP contribution in [-0.2, 0) is 0 Å². The van der Waals surface area contributed by atoms with Gasteiger partial charge in [-0.2, -0.15) is 0 Å². The highest BCUT2D eigenvalue weighted by Crippen LogP contribution is 2.33. The fourth-order valence-electron chi connectivity index (χ4n) is 1.47. The van der Waals surface area contributed by atoms with Gasteiger partial charge in [0.05, 0.1) is 11.3 Å². The summed E-state index contributed by atoms with van der Waals surface area (Å²) in [5, 5.41) is 0. The number of primary amides is 1. The van der Waals surface area contributed by atoms with Crippen LogP contribution < -0.4 is 5.73 Å². The topological polar surface area (TPSA) is 56.0 Å². The molecular weight excluding hydrogens is 244 g/mol. The largest absolute Gasteiger partial charge is 0.366 e. The van der Waals surface area contributed by atoms with Crippen molar-refractivity contribution in [2.45, 2.75) is 4.90 Å². The van der Waals surface area contributed by atoms with E-state index in [1.807, 2.05) is 30.3 Å². The van der Waals surface area contributed by atoms with E-state index in [1.165, 1.54) is 11.8 Å². The number of carbonyl (C=O) groups is 1. The number of hydrogen-bond acceptors (Lipinski definition) is 3. The van der Waals surface area contributed by atoms with Crippen LogP contribution in [0.2, 0.25) is 0 Å². The van der Waals surface area contributed by atoms with E-state index in [1.54, 1.807) is 18.3 Å². The highest BCUT2D eigenvalue weighted by Gasteiger charge is 2.10. The Morgan fingerprint density at radius 1 is 1.17 bits per heavy atom. The molecule has 0 atom stereocenters. The van der Waals surface area contributed by atoms with Gasteiger partial charge in [-0.3, -0.25) is 9.78 Å². The van der Waals surface area contributed by atoms with Crippen LogP contribution in [-0.4, -0.2) is 10.9 Å². The van der Waals surface area contributed by atoms with Crippen LogP contribution in [0.15, 0.2) is 60.1 Å². The Hall–Kier alpha value is -2.07. The van der Waals surface area contributed by atoms with Crippen molar-refractivity contribution in [2.24, 2.45) is 5.73 Å². The zero-order valence-electron chi connectivity index (χ0n) is 9.67. The van der Waals surface area contributed by atoms with Crippen LogP contribution >= 0.6 is 11.8 Å². The molecule has 1 aromatic heterocycles. The van der Waals surface area contributed by atoms with Gasteiger partial charge in [0.15, 0.2) is 0 Å². The number of amides is 1. The smallest absolute Gasteiger partial charge is 0.249 e. The number of benzene rings is 1. The van der Waals surface area contributed by atoms with E-state index < -0.39 is 5.91 Å². The van der Waals surface area contributed by atoms with Crippen LogP contribution in [0.25, 0.3) is 4.91 Å². The molecule has 1 aromatic carbocycles.